The molecule has 0 saturated heterocycles. The highest BCUT2D eigenvalue weighted by molar-refractivity contribution is 5.96. The van der Waals surface area contributed by atoms with E-state index in [0.717, 1.165) is 12.1 Å². The largest absolute Gasteiger partial charge is 0.391 e. The van der Waals surface area contributed by atoms with Crippen LogP contribution in [-0.2, 0) is 4.79 Å². The number of benzene rings is 1. The van der Waals surface area contributed by atoms with Crippen molar-refractivity contribution in [3.63, 3.8) is 0 Å². The minimum Gasteiger partial charge on any atom is -0.391 e. The summed E-state index contributed by atoms with van der Waals surface area (Å²) < 4.78 is 25.9. The zero-order valence-electron chi connectivity index (χ0n) is 11.8. The summed E-state index contributed by atoms with van der Waals surface area (Å²) in [6.45, 7) is 3.33. The van der Waals surface area contributed by atoms with Crippen molar-refractivity contribution in [3.8, 4) is 0 Å². The Morgan fingerprint density at radius 2 is 1.71 bits per heavy atom. The Bertz CT molecular complexity index is 501. The van der Waals surface area contributed by atoms with Gasteiger partial charge in [-0.15, -0.1) is 0 Å². The summed E-state index contributed by atoms with van der Waals surface area (Å²) in [7, 11) is 0. The standard InChI is InChI=1S/C14H18F2N2O3/c1-8(2)12(19)6-17-13(20)7-18-14(21)9-3-10(15)5-11(16)4-9/h3-5,8,12,19H,6-7H2,1-2H3,(H,17,20)(H,18,21). The molecule has 3 N–H and O–H groups in total. The highest BCUT2D eigenvalue weighted by Crippen LogP contribution is 2.07. The van der Waals surface area contributed by atoms with Crippen molar-refractivity contribution in [3.05, 3.63) is 35.4 Å². The van der Waals surface area contributed by atoms with Gasteiger partial charge >= 0.3 is 0 Å². The third-order valence-electron chi connectivity index (χ3n) is 2.81. The number of aliphatic hydroxyl groups is 1. The summed E-state index contributed by atoms with van der Waals surface area (Å²) in [5.74, 6) is -3.00. The molecule has 1 unspecified atom stereocenters. The Kier molecular flexibility index (Phi) is 6.23. The van der Waals surface area contributed by atoms with Gasteiger partial charge in [0.15, 0.2) is 0 Å². The van der Waals surface area contributed by atoms with Crippen molar-refractivity contribution in [2.75, 3.05) is 13.1 Å². The number of amides is 2. The van der Waals surface area contributed by atoms with Gasteiger partial charge in [-0.1, -0.05) is 13.8 Å². The van der Waals surface area contributed by atoms with Gasteiger partial charge in [-0.25, -0.2) is 8.78 Å². The van der Waals surface area contributed by atoms with Crippen LogP contribution in [0.5, 0.6) is 0 Å². The van der Waals surface area contributed by atoms with E-state index in [1.54, 1.807) is 13.8 Å². The SMILES string of the molecule is CC(C)C(O)CNC(=O)CNC(=O)c1cc(F)cc(F)c1. The van der Waals surface area contributed by atoms with E-state index in [1.165, 1.54) is 0 Å². The molecule has 2 amide bonds. The fourth-order valence-corrected chi connectivity index (χ4v) is 1.46. The van der Waals surface area contributed by atoms with Crippen LogP contribution in [0.2, 0.25) is 0 Å². The average Bonchev–Trinajstić information content (AvgIpc) is 2.40. The third-order valence-corrected chi connectivity index (χ3v) is 2.81. The first kappa shape index (κ1) is 17.0. The monoisotopic (exact) mass is 300 g/mol. The molecular formula is C14H18F2N2O3. The number of rotatable bonds is 6. The summed E-state index contributed by atoms with van der Waals surface area (Å²) in [5.41, 5.74) is -0.206. The van der Waals surface area contributed by atoms with Gasteiger partial charge in [0.2, 0.25) is 5.91 Å². The van der Waals surface area contributed by atoms with Gasteiger partial charge in [-0.2, -0.15) is 0 Å². The average molecular weight is 300 g/mol. The topological polar surface area (TPSA) is 78.4 Å². The van der Waals surface area contributed by atoms with Crippen LogP contribution in [0.25, 0.3) is 0 Å². The normalized spacial score (nSPS) is 12.1. The maximum atomic E-state index is 12.9. The zero-order valence-corrected chi connectivity index (χ0v) is 11.8. The number of halogens is 2. The van der Waals surface area contributed by atoms with Gasteiger partial charge in [0.25, 0.3) is 5.91 Å². The fourth-order valence-electron chi connectivity index (χ4n) is 1.46. The summed E-state index contributed by atoms with van der Waals surface area (Å²) in [5, 5.41) is 14.2. The van der Waals surface area contributed by atoms with Gasteiger partial charge in [0.1, 0.15) is 11.6 Å². The van der Waals surface area contributed by atoms with Crippen molar-refractivity contribution in [1.82, 2.24) is 10.6 Å². The molecule has 0 saturated carbocycles. The first-order valence-corrected chi connectivity index (χ1v) is 6.48. The highest BCUT2D eigenvalue weighted by atomic mass is 19.1. The van der Waals surface area contributed by atoms with E-state index < -0.39 is 29.6 Å². The first-order valence-electron chi connectivity index (χ1n) is 6.48. The molecule has 1 aromatic rings. The highest BCUT2D eigenvalue weighted by Gasteiger charge is 2.13. The lowest BCUT2D eigenvalue weighted by Crippen LogP contribution is -2.41. The van der Waals surface area contributed by atoms with Crippen LogP contribution in [0.15, 0.2) is 18.2 Å². The fraction of sp³-hybridized carbons (Fsp3) is 0.429. The summed E-state index contributed by atoms with van der Waals surface area (Å²) in [4.78, 5) is 23.1. The first-order chi connectivity index (χ1) is 9.79. The second kappa shape index (κ2) is 7.68. The molecule has 21 heavy (non-hydrogen) atoms. The van der Waals surface area contributed by atoms with Crippen LogP contribution in [-0.4, -0.2) is 36.1 Å². The van der Waals surface area contributed by atoms with Gasteiger partial charge < -0.3 is 15.7 Å². The number of hydrogen-bond donors (Lipinski definition) is 3. The number of aliphatic hydroxyl groups excluding tert-OH is 1. The third kappa shape index (κ3) is 5.86. The molecule has 5 nitrogen and oxygen atoms in total. The molecule has 0 fully saturated rings. The van der Waals surface area contributed by atoms with E-state index in [1.807, 2.05) is 0 Å². The molecular weight excluding hydrogens is 282 g/mol. The molecule has 0 aromatic heterocycles. The Morgan fingerprint density at radius 3 is 2.24 bits per heavy atom. The maximum Gasteiger partial charge on any atom is 0.251 e. The van der Waals surface area contributed by atoms with Crippen molar-refractivity contribution in [2.45, 2.75) is 20.0 Å². The van der Waals surface area contributed by atoms with Crippen LogP contribution in [0.4, 0.5) is 8.78 Å². The van der Waals surface area contributed by atoms with Crippen LogP contribution in [0.1, 0.15) is 24.2 Å². The lowest BCUT2D eigenvalue weighted by atomic mass is 10.1. The summed E-state index contributed by atoms with van der Waals surface area (Å²) in [6.07, 6.45) is -0.679. The number of nitrogens with one attached hydrogen (secondary N) is 2. The summed E-state index contributed by atoms with van der Waals surface area (Å²) in [6, 6.07) is 2.40. The van der Waals surface area contributed by atoms with Gasteiger partial charge in [0, 0.05) is 18.2 Å². The minimum atomic E-state index is -0.871. The van der Waals surface area contributed by atoms with Crippen molar-refractivity contribution < 1.29 is 23.5 Å². The second-order valence-corrected chi connectivity index (χ2v) is 4.96. The molecule has 0 heterocycles. The molecule has 116 valence electrons. The Labute approximate surface area is 121 Å². The molecule has 0 bridgehead atoms. The van der Waals surface area contributed by atoms with Crippen LogP contribution in [0.3, 0.4) is 0 Å². The zero-order chi connectivity index (χ0) is 16.0. The van der Waals surface area contributed by atoms with Crippen LogP contribution >= 0.6 is 0 Å². The lowest BCUT2D eigenvalue weighted by Gasteiger charge is -2.15. The Hall–Kier alpha value is -2.02. The van der Waals surface area contributed by atoms with E-state index in [9.17, 15) is 23.5 Å². The van der Waals surface area contributed by atoms with Crippen molar-refractivity contribution in [1.29, 1.82) is 0 Å². The second-order valence-electron chi connectivity index (χ2n) is 4.96. The van der Waals surface area contributed by atoms with E-state index in [0.29, 0.717) is 6.07 Å². The molecule has 0 aliphatic heterocycles. The van der Waals surface area contributed by atoms with Gasteiger partial charge in [0.05, 0.1) is 12.6 Å². The lowest BCUT2D eigenvalue weighted by molar-refractivity contribution is -0.120. The number of carbonyl (C=O) groups is 2. The summed E-state index contributed by atoms with van der Waals surface area (Å²) >= 11 is 0. The predicted molar refractivity (Wildman–Crippen MR) is 72.5 cm³/mol. The van der Waals surface area contributed by atoms with E-state index in [2.05, 4.69) is 10.6 Å². The van der Waals surface area contributed by atoms with Gasteiger partial charge in [-0.05, 0) is 18.1 Å². The smallest absolute Gasteiger partial charge is 0.251 e. The number of hydrogen-bond acceptors (Lipinski definition) is 3. The number of carbonyl (C=O) groups excluding carboxylic acids is 2. The molecule has 0 spiro atoms. The quantitative estimate of drug-likeness (QED) is 0.728. The molecule has 1 rings (SSSR count). The Morgan fingerprint density at radius 1 is 1.14 bits per heavy atom. The van der Waals surface area contributed by atoms with Crippen molar-refractivity contribution in [2.24, 2.45) is 5.92 Å². The Balaban J connectivity index is 2.44. The van der Waals surface area contributed by atoms with Crippen LogP contribution in [0, 0.1) is 17.6 Å². The van der Waals surface area contributed by atoms with E-state index >= 15 is 0 Å². The molecule has 1 atom stereocenters. The molecule has 0 aliphatic carbocycles. The van der Waals surface area contributed by atoms with E-state index in [4.69, 9.17) is 0 Å². The van der Waals surface area contributed by atoms with Gasteiger partial charge in [-0.3, -0.25) is 9.59 Å². The molecule has 7 heteroatoms. The minimum absolute atomic E-state index is 0.00448. The maximum absolute atomic E-state index is 12.9. The molecule has 0 radical (unpaired) electrons. The predicted octanol–water partition coefficient (Wildman–Crippen LogP) is 0.828. The molecule has 0 aliphatic rings. The van der Waals surface area contributed by atoms with Crippen LogP contribution < -0.4 is 10.6 Å². The molecule has 1 aromatic carbocycles. The van der Waals surface area contributed by atoms with E-state index in [-0.39, 0.29) is 24.6 Å². The van der Waals surface area contributed by atoms with Crippen molar-refractivity contribution >= 4 is 11.8 Å².